The van der Waals surface area contributed by atoms with E-state index in [1.54, 1.807) is 6.07 Å². The molecule has 7 heteroatoms. The zero-order valence-electron chi connectivity index (χ0n) is 14.8. The zero-order chi connectivity index (χ0) is 18.8. The zero-order valence-corrected chi connectivity index (χ0v) is 14.8. The van der Waals surface area contributed by atoms with Crippen molar-refractivity contribution >= 4 is 5.91 Å². The Morgan fingerprint density at radius 2 is 2.04 bits per heavy atom. The molecule has 1 aromatic rings. The molecule has 1 amide bonds. The number of rotatable bonds is 6. The second kappa shape index (κ2) is 7.06. The second-order valence-electron chi connectivity index (χ2n) is 7.20. The fourth-order valence-corrected chi connectivity index (χ4v) is 2.90. The predicted octanol–water partition coefficient (Wildman–Crippen LogP) is 3.88. The van der Waals surface area contributed by atoms with Crippen molar-refractivity contribution < 1.29 is 22.7 Å². The van der Waals surface area contributed by atoms with Gasteiger partial charge < -0.3 is 10.1 Å². The van der Waals surface area contributed by atoms with Crippen LogP contribution >= 0.6 is 0 Å². The first-order valence-corrected chi connectivity index (χ1v) is 8.08. The number of aromatic nitrogens is 1. The molecule has 4 nitrogen and oxygen atoms in total. The Labute approximate surface area is 145 Å². The lowest BCUT2D eigenvalue weighted by Gasteiger charge is -2.09. The normalized spacial score (nSPS) is 21.4. The molecule has 1 saturated carbocycles. The number of ether oxygens (including phenoxy) is 1. The van der Waals surface area contributed by atoms with Crippen molar-refractivity contribution in [2.24, 2.45) is 17.3 Å². The third-order valence-electron chi connectivity index (χ3n) is 4.35. The maximum Gasteiger partial charge on any atom is 0.422 e. The first-order chi connectivity index (χ1) is 11.5. The maximum absolute atomic E-state index is 12.4. The van der Waals surface area contributed by atoms with Gasteiger partial charge in [-0.3, -0.25) is 4.79 Å². The molecule has 138 valence electrons. The molecule has 1 aliphatic carbocycles. The molecule has 0 unspecified atom stereocenters. The molecule has 0 aromatic carbocycles. The van der Waals surface area contributed by atoms with Crippen molar-refractivity contribution in [2.75, 3.05) is 6.61 Å². The van der Waals surface area contributed by atoms with Gasteiger partial charge in [0.25, 0.3) is 0 Å². The molecular formula is C18H23F3N2O2. The minimum absolute atomic E-state index is 0.0232. The van der Waals surface area contributed by atoms with Crippen LogP contribution in [0.3, 0.4) is 0 Å². The third-order valence-corrected chi connectivity index (χ3v) is 4.35. The fourth-order valence-electron chi connectivity index (χ4n) is 2.90. The van der Waals surface area contributed by atoms with Crippen molar-refractivity contribution in [3.8, 4) is 5.88 Å². The first-order valence-electron chi connectivity index (χ1n) is 8.08. The van der Waals surface area contributed by atoms with Crippen LogP contribution in [0.5, 0.6) is 5.88 Å². The largest absolute Gasteiger partial charge is 0.468 e. The molecule has 1 N–H and O–H groups in total. The lowest BCUT2D eigenvalue weighted by Crippen LogP contribution is -2.26. The van der Waals surface area contributed by atoms with Crippen LogP contribution in [0.2, 0.25) is 0 Å². The molecule has 2 rings (SSSR count). The van der Waals surface area contributed by atoms with Crippen LogP contribution in [0.1, 0.15) is 33.3 Å². The van der Waals surface area contributed by atoms with Gasteiger partial charge in [0.2, 0.25) is 11.8 Å². The Bertz CT molecular complexity index is 647. The summed E-state index contributed by atoms with van der Waals surface area (Å²) in [6.07, 6.45) is -0.872. The molecule has 1 fully saturated rings. The summed E-state index contributed by atoms with van der Waals surface area (Å²) in [5, 5.41) is 2.87. The van der Waals surface area contributed by atoms with Gasteiger partial charge in [-0.15, -0.1) is 0 Å². The molecule has 0 spiro atoms. The van der Waals surface area contributed by atoms with E-state index in [9.17, 15) is 18.0 Å². The van der Waals surface area contributed by atoms with Crippen LogP contribution in [-0.4, -0.2) is 23.7 Å². The molecule has 0 saturated heterocycles. The van der Waals surface area contributed by atoms with Crippen molar-refractivity contribution in [1.82, 2.24) is 10.3 Å². The van der Waals surface area contributed by atoms with Gasteiger partial charge >= 0.3 is 6.18 Å². The lowest BCUT2D eigenvalue weighted by atomic mass is 10.1. The standard InChI is InChI=1S/C18H23F3N2O2/c1-11(2)7-13-15(17(13,3)4)16(24)23-9-12-5-6-14(22-8-12)25-10-18(19,20)21/h5-8,13,15H,9-10H2,1-4H3,(H,23,24)/t13-,15-/m0/s1. The van der Waals surface area contributed by atoms with Gasteiger partial charge in [0.05, 0.1) is 5.92 Å². The number of amides is 1. The van der Waals surface area contributed by atoms with Crippen molar-refractivity contribution in [3.05, 3.63) is 35.5 Å². The molecule has 1 heterocycles. The van der Waals surface area contributed by atoms with Crippen LogP contribution in [0.4, 0.5) is 13.2 Å². The molecular weight excluding hydrogens is 333 g/mol. The van der Waals surface area contributed by atoms with Gasteiger partial charge in [-0.05, 0) is 30.7 Å². The number of hydrogen-bond donors (Lipinski definition) is 1. The van der Waals surface area contributed by atoms with Gasteiger partial charge in [0, 0.05) is 18.8 Å². The lowest BCUT2D eigenvalue weighted by molar-refractivity contribution is -0.154. The number of allylic oxidation sites excluding steroid dienone is 2. The van der Waals surface area contributed by atoms with Crippen molar-refractivity contribution in [1.29, 1.82) is 0 Å². The Hall–Kier alpha value is -2.05. The quantitative estimate of drug-likeness (QED) is 0.787. The Kier molecular flexibility index (Phi) is 5.44. The molecule has 25 heavy (non-hydrogen) atoms. The summed E-state index contributed by atoms with van der Waals surface area (Å²) in [6, 6.07) is 2.95. The van der Waals surface area contributed by atoms with E-state index in [1.807, 2.05) is 13.8 Å². The summed E-state index contributed by atoms with van der Waals surface area (Å²) in [6.45, 7) is 7.05. The number of nitrogens with one attached hydrogen (secondary N) is 1. The average Bonchev–Trinajstić information content (AvgIpc) is 3.03. The number of pyridine rings is 1. The topological polar surface area (TPSA) is 51.2 Å². The summed E-state index contributed by atoms with van der Waals surface area (Å²) in [5.74, 6) is 0.0442. The monoisotopic (exact) mass is 356 g/mol. The summed E-state index contributed by atoms with van der Waals surface area (Å²) >= 11 is 0. The van der Waals surface area contributed by atoms with E-state index in [4.69, 9.17) is 0 Å². The highest BCUT2D eigenvalue weighted by Gasteiger charge is 2.60. The van der Waals surface area contributed by atoms with Gasteiger partial charge in [-0.1, -0.05) is 31.6 Å². The van der Waals surface area contributed by atoms with Gasteiger partial charge in [0.15, 0.2) is 6.61 Å². The van der Waals surface area contributed by atoms with E-state index in [2.05, 4.69) is 35.0 Å². The Balaban J connectivity index is 1.85. The minimum atomic E-state index is -4.40. The molecule has 0 aliphatic heterocycles. The smallest absolute Gasteiger partial charge is 0.422 e. The van der Waals surface area contributed by atoms with E-state index >= 15 is 0 Å². The average molecular weight is 356 g/mol. The highest BCUT2D eigenvalue weighted by Crippen LogP contribution is 2.59. The number of carbonyl (C=O) groups is 1. The van der Waals surface area contributed by atoms with E-state index < -0.39 is 12.8 Å². The van der Waals surface area contributed by atoms with E-state index in [1.165, 1.54) is 17.8 Å². The fraction of sp³-hybridized carbons (Fsp3) is 0.556. The molecule has 0 bridgehead atoms. The molecule has 1 aliphatic rings. The Morgan fingerprint density at radius 1 is 1.36 bits per heavy atom. The predicted molar refractivity (Wildman–Crippen MR) is 87.8 cm³/mol. The van der Waals surface area contributed by atoms with Crippen LogP contribution in [0.25, 0.3) is 0 Å². The van der Waals surface area contributed by atoms with Crippen LogP contribution in [0.15, 0.2) is 30.0 Å². The Morgan fingerprint density at radius 3 is 2.56 bits per heavy atom. The van der Waals surface area contributed by atoms with E-state index in [-0.39, 0.29) is 35.6 Å². The highest BCUT2D eigenvalue weighted by atomic mass is 19.4. The third kappa shape index (κ3) is 5.21. The van der Waals surface area contributed by atoms with Crippen LogP contribution < -0.4 is 10.1 Å². The summed E-state index contributed by atoms with van der Waals surface area (Å²) in [4.78, 5) is 16.2. The second-order valence-corrected chi connectivity index (χ2v) is 7.20. The number of nitrogens with zero attached hydrogens (tertiary/aromatic N) is 1. The van der Waals surface area contributed by atoms with Gasteiger partial charge in [-0.2, -0.15) is 13.2 Å². The van der Waals surface area contributed by atoms with Gasteiger partial charge in [-0.25, -0.2) is 4.98 Å². The minimum Gasteiger partial charge on any atom is -0.468 e. The molecule has 1 aromatic heterocycles. The first kappa shape index (κ1) is 19.3. The highest BCUT2D eigenvalue weighted by molar-refractivity contribution is 5.83. The van der Waals surface area contributed by atoms with Crippen molar-refractivity contribution in [2.45, 2.75) is 40.4 Å². The number of carbonyl (C=O) groups excluding carboxylic acids is 1. The number of halogens is 3. The number of hydrogen-bond acceptors (Lipinski definition) is 3. The summed E-state index contributed by atoms with van der Waals surface area (Å²) in [7, 11) is 0. The van der Waals surface area contributed by atoms with Crippen LogP contribution in [0, 0.1) is 17.3 Å². The number of alkyl halides is 3. The van der Waals surface area contributed by atoms with E-state index in [0.717, 1.165) is 0 Å². The summed E-state index contributed by atoms with van der Waals surface area (Å²) in [5.41, 5.74) is 1.83. The van der Waals surface area contributed by atoms with E-state index in [0.29, 0.717) is 5.56 Å². The van der Waals surface area contributed by atoms with Gasteiger partial charge in [0.1, 0.15) is 0 Å². The molecule has 0 radical (unpaired) electrons. The van der Waals surface area contributed by atoms with Crippen molar-refractivity contribution in [3.63, 3.8) is 0 Å². The summed E-state index contributed by atoms with van der Waals surface area (Å²) < 4.78 is 40.8. The SMILES string of the molecule is CC(C)=C[C@H]1[C@@H](C(=O)NCc2ccc(OCC(F)(F)F)nc2)C1(C)C. The molecule has 2 atom stereocenters. The van der Waals surface area contributed by atoms with Crippen LogP contribution in [-0.2, 0) is 11.3 Å². The maximum atomic E-state index is 12.4.